The number of rotatable bonds is 5. The molecular weight excluding hydrogens is 332 g/mol. The molecule has 0 radical (unpaired) electrons. The van der Waals surface area contributed by atoms with E-state index < -0.39 is 18.7 Å². The van der Waals surface area contributed by atoms with Crippen molar-refractivity contribution < 1.29 is 24.5 Å². The number of aliphatic hydroxyl groups excluding tert-OH is 2. The average molecular weight is 350 g/mol. The minimum absolute atomic E-state index is 0.0713. The van der Waals surface area contributed by atoms with Gasteiger partial charge in [0.2, 0.25) is 5.91 Å². The maximum atomic E-state index is 12.1. The van der Waals surface area contributed by atoms with E-state index in [0.29, 0.717) is 11.3 Å². The van der Waals surface area contributed by atoms with Gasteiger partial charge in [0.1, 0.15) is 5.37 Å². The van der Waals surface area contributed by atoms with E-state index in [2.05, 4.69) is 4.98 Å². The highest BCUT2D eigenvalue weighted by Crippen LogP contribution is 2.41. The predicted octanol–water partition coefficient (Wildman–Crippen LogP) is 0.882. The zero-order valence-electron chi connectivity index (χ0n) is 13.1. The number of aliphatic hydroxyl groups is 2. The Kier molecular flexibility index (Phi) is 4.79. The van der Waals surface area contributed by atoms with Crippen LogP contribution in [0, 0.1) is 0 Å². The number of carbonyl (C=O) groups is 2. The van der Waals surface area contributed by atoms with Crippen LogP contribution in [0.3, 0.4) is 0 Å². The van der Waals surface area contributed by atoms with Gasteiger partial charge in [-0.25, -0.2) is 4.79 Å². The van der Waals surface area contributed by atoms with Gasteiger partial charge in [0.05, 0.1) is 37.7 Å². The first-order valence-electron chi connectivity index (χ1n) is 7.44. The van der Waals surface area contributed by atoms with Crippen molar-refractivity contribution in [2.45, 2.75) is 11.5 Å². The first-order valence-corrected chi connectivity index (χ1v) is 8.49. The molecule has 1 aliphatic rings. The zero-order valence-corrected chi connectivity index (χ0v) is 13.9. The standard InChI is InChI=1S/C16H18N2O5S/c1-23-16(22)9-2-3-11-12(5-17-13(11)4-9)15-18(6-10(20)7-19)14(21)8-24-15/h2-5,10,15,17,19-20H,6-8H2,1H3/t10-,15?/m0/s1. The molecule has 0 bridgehead atoms. The fraction of sp³-hybridized carbons (Fsp3) is 0.375. The Morgan fingerprint density at radius 1 is 1.54 bits per heavy atom. The molecular formula is C16H18N2O5S. The number of fused-ring (bicyclic) bond motifs is 1. The third-order valence-electron chi connectivity index (χ3n) is 3.99. The molecule has 24 heavy (non-hydrogen) atoms. The Labute approximate surface area is 142 Å². The maximum absolute atomic E-state index is 12.1. The molecule has 1 unspecified atom stereocenters. The molecule has 1 saturated heterocycles. The molecule has 7 nitrogen and oxygen atoms in total. The van der Waals surface area contributed by atoms with Gasteiger partial charge in [0, 0.05) is 22.7 Å². The summed E-state index contributed by atoms with van der Waals surface area (Å²) in [5.41, 5.74) is 2.12. The number of nitrogens with zero attached hydrogens (tertiary/aromatic N) is 1. The molecule has 1 aliphatic heterocycles. The zero-order chi connectivity index (χ0) is 17.3. The first-order chi connectivity index (χ1) is 11.5. The van der Waals surface area contributed by atoms with Crippen molar-refractivity contribution >= 4 is 34.5 Å². The maximum Gasteiger partial charge on any atom is 0.337 e. The first kappa shape index (κ1) is 16.8. The van der Waals surface area contributed by atoms with Gasteiger partial charge in [0.25, 0.3) is 0 Å². The summed E-state index contributed by atoms with van der Waals surface area (Å²) in [6.07, 6.45) is 0.839. The van der Waals surface area contributed by atoms with Gasteiger partial charge in [0.15, 0.2) is 0 Å². The number of H-pyrrole nitrogens is 1. The van der Waals surface area contributed by atoms with E-state index >= 15 is 0 Å². The quantitative estimate of drug-likeness (QED) is 0.692. The molecule has 0 spiro atoms. The fourth-order valence-electron chi connectivity index (χ4n) is 2.79. The van der Waals surface area contributed by atoms with Gasteiger partial charge in [-0.3, -0.25) is 4.79 Å². The lowest BCUT2D eigenvalue weighted by molar-refractivity contribution is -0.129. The Morgan fingerprint density at radius 2 is 2.33 bits per heavy atom. The fourth-order valence-corrected chi connectivity index (χ4v) is 4.02. The lowest BCUT2D eigenvalue weighted by Crippen LogP contribution is -2.37. The van der Waals surface area contributed by atoms with Crippen molar-refractivity contribution in [2.24, 2.45) is 0 Å². The van der Waals surface area contributed by atoms with E-state index in [1.54, 1.807) is 23.2 Å². The number of benzene rings is 1. The van der Waals surface area contributed by atoms with E-state index in [9.17, 15) is 14.7 Å². The van der Waals surface area contributed by atoms with Crippen LogP contribution in [0.15, 0.2) is 24.4 Å². The number of hydrogen-bond donors (Lipinski definition) is 3. The smallest absolute Gasteiger partial charge is 0.337 e. The number of hydrogen-bond acceptors (Lipinski definition) is 6. The molecule has 0 aliphatic carbocycles. The van der Waals surface area contributed by atoms with Crippen LogP contribution in [0.2, 0.25) is 0 Å². The van der Waals surface area contributed by atoms with Crippen molar-refractivity contribution in [1.29, 1.82) is 0 Å². The number of aromatic nitrogens is 1. The summed E-state index contributed by atoms with van der Waals surface area (Å²) in [4.78, 5) is 28.4. The summed E-state index contributed by atoms with van der Waals surface area (Å²) < 4.78 is 4.72. The van der Waals surface area contributed by atoms with Gasteiger partial charge in [-0.1, -0.05) is 6.07 Å². The second kappa shape index (κ2) is 6.84. The number of aromatic amines is 1. The van der Waals surface area contributed by atoms with Crippen LogP contribution >= 0.6 is 11.8 Å². The Bertz CT molecular complexity index is 775. The van der Waals surface area contributed by atoms with Crippen LogP contribution in [-0.2, 0) is 9.53 Å². The Balaban J connectivity index is 1.93. The number of amides is 1. The van der Waals surface area contributed by atoms with Crippen molar-refractivity contribution in [2.75, 3.05) is 26.0 Å². The summed E-state index contributed by atoms with van der Waals surface area (Å²) in [6.45, 7) is -0.308. The third kappa shape index (κ3) is 3.00. The summed E-state index contributed by atoms with van der Waals surface area (Å²) in [7, 11) is 1.33. The van der Waals surface area contributed by atoms with E-state index in [0.717, 1.165) is 16.5 Å². The number of methoxy groups -OCH3 is 1. The molecule has 128 valence electrons. The normalized spacial score (nSPS) is 19.0. The minimum atomic E-state index is -0.966. The van der Waals surface area contributed by atoms with Crippen LogP contribution in [0.5, 0.6) is 0 Å². The van der Waals surface area contributed by atoms with Gasteiger partial charge in [-0.15, -0.1) is 11.8 Å². The van der Waals surface area contributed by atoms with Gasteiger partial charge < -0.3 is 24.8 Å². The van der Waals surface area contributed by atoms with Crippen LogP contribution in [-0.4, -0.2) is 64.1 Å². The van der Waals surface area contributed by atoms with Crippen molar-refractivity contribution in [3.63, 3.8) is 0 Å². The number of nitrogens with one attached hydrogen (secondary N) is 1. The van der Waals surface area contributed by atoms with Crippen LogP contribution < -0.4 is 0 Å². The number of carbonyl (C=O) groups excluding carboxylic acids is 2. The molecule has 1 aromatic heterocycles. The van der Waals surface area contributed by atoms with Crippen LogP contribution in [0.4, 0.5) is 0 Å². The molecule has 3 N–H and O–H groups in total. The lowest BCUT2D eigenvalue weighted by Gasteiger charge is -2.25. The van der Waals surface area contributed by atoms with Gasteiger partial charge in [-0.2, -0.15) is 0 Å². The molecule has 3 rings (SSSR count). The van der Waals surface area contributed by atoms with E-state index in [1.165, 1.54) is 18.9 Å². The van der Waals surface area contributed by atoms with E-state index in [-0.39, 0.29) is 17.8 Å². The molecule has 8 heteroatoms. The predicted molar refractivity (Wildman–Crippen MR) is 89.6 cm³/mol. The molecule has 1 fully saturated rings. The molecule has 2 atom stereocenters. The number of ether oxygens (including phenoxy) is 1. The SMILES string of the molecule is COC(=O)c1ccc2c(C3SCC(=O)N3C[C@H](O)CO)c[nH]c2c1. The number of thioether (sulfide) groups is 1. The van der Waals surface area contributed by atoms with Gasteiger partial charge in [-0.05, 0) is 12.1 Å². The molecule has 0 saturated carbocycles. The van der Waals surface area contributed by atoms with E-state index in [4.69, 9.17) is 9.84 Å². The van der Waals surface area contributed by atoms with Crippen LogP contribution in [0.1, 0.15) is 21.3 Å². The largest absolute Gasteiger partial charge is 0.465 e. The van der Waals surface area contributed by atoms with Crippen molar-refractivity contribution in [1.82, 2.24) is 9.88 Å². The molecule has 2 aromatic rings. The molecule has 1 amide bonds. The summed E-state index contributed by atoms with van der Waals surface area (Å²) in [6, 6.07) is 5.20. The van der Waals surface area contributed by atoms with Gasteiger partial charge >= 0.3 is 5.97 Å². The third-order valence-corrected chi connectivity index (χ3v) is 5.22. The Morgan fingerprint density at radius 3 is 3.04 bits per heavy atom. The highest BCUT2D eigenvalue weighted by molar-refractivity contribution is 8.00. The number of β-amino-alcohol motifs (C(OH)–C–C–N with tert-alkyl or cyclic N) is 1. The molecule has 1 aromatic carbocycles. The van der Waals surface area contributed by atoms with Crippen LogP contribution in [0.25, 0.3) is 10.9 Å². The minimum Gasteiger partial charge on any atom is -0.465 e. The number of esters is 1. The summed E-state index contributed by atoms with van der Waals surface area (Å²) in [5, 5.41) is 19.4. The highest BCUT2D eigenvalue weighted by atomic mass is 32.2. The molecule has 2 heterocycles. The second-order valence-electron chi connectivity index (χ2n) is 5.54. The topological polar surface area (TPSA) is 103 Å². The summed E-state index contributed by atoms with van der Waals surface area (Å²) >= 11 is 1.47. The average Bonchev–Trinajstić information content (AvgIpc) is 3.17. The monoisotopic (exact) mass is 350 g/mol. The Hall–Kier alpha value is -2.03. The second-order valence-corrected chi connectivity index (χ2v) is 6.61. The lowest BCUT2D eigenvalue weighted by atomic mass is 10.1. The van der Waals surface area contributed by atoms with Crippen molar-refractivity contribution in [3.8, 4) is 0 Å². The van der Waals surface area contributed by atoms with E-state index in [1.807, 2.05) is 6.07 Å². The summed E-state index contributed by atoms with van der Waals surface area (Å²) in [5.74, 6) is -0.153. The highest BCUT2D eigenvalue weighted by Gasteiger charge is 2.35. The van der Waals surface area contributed by atoms with Crippen molar-refractivity contribution in [3.05, 3.63) is 35.5 Å².